The molecule has 2 aromatic heterocycles. The Balaban J connectivity index is 1.45. The number of benzene rings is 2. The third-order valence-electron chi connectivity index (χ3n) is 4.54. The van der Waals surface area contributed by atoms with Crippen LogP contribution in [0.5, 0.6) is 0 Å². The van der Waals surface area contributed by atoms with E-state index in [9.17, 15) is 14.9 Å². The third-order valence-corrected chi connectivity index (χ3v) is 4.87. The molecule has 11 heteroatoms. The van der Waals surface area contributed by atoms with Crippen LogP contribution in [0.25, 0.3) is 22.4 Å². The number of amides is 1. The lowest BCUT2D eigenvalue weighted by molar-refractivity contribution is -0.384. The second-order valence-electron chi connectivity index (χ2n) is 6.56. The van der Waals surface area contributed by atoms with E-state index in [1.54, 1.807) is 19.1 Å². The number of non-ortho nitro benzene ring substituents is 1. The Morgan fingerprint density at radius 1 is 1.29 bits per heavy atom. The van der Waals surface area contributed by atoms with Gasteiger partial charge in [0.1, 0.15) is 23.1 Å². The molecule has 0 saturated carbocycles. The highest BCUT2D eigenvalue weighted by Crippen LogP contribution is 2.32. The van der Waals surface area contributed by atoms with Crippen LogP contribution in [0.4, 0.5) is 5.69 Å². The zero-order valence-corrected chi connectivity index (χ0v) is 16.9. The third kappa shape index (κ3) is 4.14. The molecule has 10 nitrogen and oxygen atoms in total. The minimum atomic E-state index is -0.639. The molecule has 31 heavy (non-hydrogen) atoms. The van der Waals surface area contributed by atoms with Gasteiger partial charge in [0, 0.05) is 17.7 Å². The Labute approximate surface area is 180 Å². The molecule has 0 saturated heterocycles. The SMILES string of the molecule is CC(C(=O)NN=Cc1ccc(-c2cc([N+](=O)[O-])ccc2Cl)o1)n1nnc2ccccc21. The predicted octanol–water partition coefficient (Wildman–Crippen LogP) is 3.96. The summed E-state index contributed by atoms with van der Waals surface area (Å²) in [5.74, 6) is 0.279. The Bertz CT molecular complexity index is 1310. The number of nitro groups is 1. The monoisotopic (exact) mass is 438 g/mol. The van der Waals surface area contributed by atoms with Gasteiger partial charge in [0.15, 0.2) is 0 Å². The molecule has 0 spiro atoms. The highest BCUT2D eigenvalue weighted by atomic mass is 35.5. The number of nitro benzene ring substituents is 1. The Morgan fingerprint density at radius 3 is 2.90 bits per heavy atom. The van der Waals surface area contributed by atoms with E-state index in [2.05, 4.69) is 20.8 Å². The van der Waals surface area contributed by atoms with E-state index in [1.807, 2.05) is 24.3 Å². The minimum Gasteiger partial charge on any atom is -0.455 e. The van der Waals surface area contributed by atoms with Gasteiger partial charge in [0.2, 0.25) is 0 Å². The number of carbonyl (C=O) groups is 1. The van der Waals surface area contributed by atoms with Crippen LogP contribution in [0, 0.1) is 10.1 Å². The Hall–Kier alpha value is -4.05. The molecule has 4 aromatic rings. The lowest BCUT2D eigenvalue weighted by Crippen LogP contribution is -2.28. The molecule has 0 radical (unpaired) electrons. The number of halogens is 1. The van der Waals surface area contributed by atoms with Crippen molar-refractivity contribution in [3.8, 4) is 11.3 Å². The number of hydrogen-bond donors (Lipinski definition) is 1. The summed E-state index contributed by atoms with van der Waals surface area (Å²) in [6.07, 6.45) is 1.32. The number of rotatable bonds is 6. The van der Waals surface area contributed by atoms with Crippen molar-refractivity contribution in [2.45, 2.75) is 13.0 Å². The van der Waals surface area contributed by atoms with Crippen molar-refractivity contribution in [3.05, 3.63) is 75.5 Å². The van der Waals surface area contributed by atoms with Gasteiger partial charge in [0.25, 0.3) is 11.6 Å². The molecule has 1 unspecified atom stereocenters. The molecule has 1 atom stereocenters. The fourth-order valence-electron chi connectivity index (χ4n) is 2.92. The summed E-state index contributed by atoms with van der Waals surface area (Å²) in [6, 6.07) is 14.0. The van der Waals surface area contributed by atoms with Gasteiger partial charge in [-0.15, -0.1) is 5.10 Å². The fourth-order valence-corrected chi connectivity index (χ4v) is 3.13. The van der Waals surface area contributed by atoms with Crippen LogP contribution in [0.2, 0.25) is 5.02 Å². The fraction of sp³-hybridized carbons (Fsp3) is 0.100. The standard InChI is InChI=1S/C20H15ClN6O4/c1-12(26-18-5-3-2-4-17(18)23-25-26)20(28)24-22-11-14-7-9-19(31-14)15-10-13(27(29)30)6-8-16(15)21/h2-12H,1H3,(H,24,28). The summed E-state index contributed by atoms with van der Waals surface area (Å²) < 4.78 is 7.13. The average Bonchev–Trinajstić information content (AvgIpc) is 3.40. The molecule has 0 bridgehead atoms. The zero-order valence-electron chi connectivity index (χ0n) is 16.1. The van der Waals surface area contributed by atoms with Crippen molar-refractivity contribution < 1.29 is 14.1 Å². The number of hydrogen-bond acceptors (Lipinski definition) is 7. The van der Waals surface area contributed by atoms with Crippen molar-refractivity contribution in [1.82, 2.24) is 20.4 Å². The average molecular weight is 439 g/mol. The van der Waals surface area contributed by atoms with Gasteiger partial charge in [-0.05, 0) is 37.3 Å². The van der Waals surface area contributed by atoms with Gasteiger partial charge in [-0.3, -0.25) is 14.9 Å². The van der Waals surface area contributed by atoms with Gasteiger partial charge in [-0.2, -0.15) is 5.10 Å². The molecular formula is C20H15ClN6O4. The van der Waals surface area contributed by atoms with Crippen LogP contribution in [0.3, 0.4) is 0 Å². The lowest BCUT2D eigenvalue weighted by atomic mass is 10.1. The smallest absolute Gasteiger partial charge is 0.270 e. The molecule has 1 N–H and O–H groups in total. The number of nitrogens with one attached hydrogen (secondary N) is 1. The molecule has 4 rings (SSSR count). The van der Waals surface area contributed by atoms with E-state index in [0.29, 0.717) is 27.6 Å². The Morgan fingerprint density at radius 2 is 2.10 bits per heavy atom. The van der Waals surface area contributed by atoms with Crippen molar-refractivity contribution in [2.75, 3.05) is 0 Å². The quantitative estimate of drug-likeness (QED) is 0.275. The molecule has 0 aliphatic rings. The molecular weight excluding hydrogens is 424 g/mol. The maximum absolute atomic E-state index is 12.4. The predicted molar refractivity (Wildman–Crippen MR) is 114 cm³/mol. The van der Waals surface area contributed by atoms with E-state index >= 15 is 0 Å². The number of hydrazone groups is 1. The summed E-state index contributed by atoms with van der Waals surface area (Å²) in [7, 11) is 0. The minimum absolute atomic E-state index is 0.104. The number of furan rings is 1. The first-order chi connectivity index (χ1) is 14.9. The summed E-state index contributed by atoms with van der Waals surface area (Å²) in [6.45, 7) is 1.68. The molecule has 2 heterocycles. The number of nitrogens with zero attached hydrogens (tertiary/aromatic N) is 5. The number of fused-ring (bicyclic) bond motifs is 1. The van der Waals surface area contributed by atoms with Crippen LogP contribution in [-0.4, -0.2) is 32.0 Å². The highest BCUT2D eigenvalue weighted by molar-refractivity contribution is 6.33. The second-order valence-corrected chi connectivity index (χ2v) is 6.96. The lowest BCUT2D eigenvalue weighted by Gasteiger charge is -2.10. The number of para-hydroxylation sites is 1. The second kappa shape index (κ2) is 8.36. The summed E-state index contributed by atoms with van der Waals surface area (Å²) >= 11 is 6.13. The number of aromatic nitrogens is 3. The maximum atomic E-state index is 12.4. The van der Waals surface area contributed by atoms with E-state index in [-0.39, 0.29) is 11.6 Å². The summed E-state index contributed by atoms with van der Waals surface area (Å²) in [5.41, 5.74) is 4.14. The van der Waals surface area contributed by atoms with E-state index < -0.39 is 11.0 Å². The van der Waals surface area contributed by atoms with Crippen LogP contribution in [0.15, 0.2) is 64.1 Å². The molecule has 1 amide bonds. The summed E-state index contributed by atoms with van der Waals surface area (Å²) in [5, 5.41) is 23.3. The molecule has 0 fully saturated rings. The van der Waals surface area contributed by atoms with E-state index in [0.717, 1.165) is 5.52 Å². The maximum Gasteiger partial charge on any atom is 0.270 e. The van der Waals surface area contributed by atoms with Crippen molar-refractivity contribution in [2.24, 2.45) is 5.10 Å². The largest absolute Gasteiger partial charge is 0.455 e. The highest BCUT2D eigenvalue weighted by Gasteiger charge is 2.18. The van der Waals surface area contributed by atoms with E-state index in [1.165, 1.54) is 29.1 Å². The molecule has 0 aliphatic heterocycles. The molecule has 2 aromatic carbocycles. The van der Waals surface area contributed by atoms with Gasteiger partial charge in [-0.25, -0.2) is 10.1 Å². The van der Waals surface area contributed by atoms with Gasteiger partial charge in [-0.1, -0.05) is 28.9 Å². The number of carbonyl (C=O) groups excluding carboxylic acids is 1. The summed E-state index contributed by atoms with van der Waals surface area (Å²) in [4.78, 5) is 22.9. The van der Waals surface area contributed by atoms with Crippen LogP contribution < -0.4 is 5.43 Å². The van der Waals surface area contributed by atoms with Crippen molar-refractivity contribution in [1.29, 1.82) is 0 Å². The topological polar surface area (TPSA) is 128 Å². The zero-order chi connectivity index (χ0) is 22.0. The normalized spacial score (nSPS) is 12.3. The van der Waals surface area contributed by atoms with Crippen LogP contribution in [0.1, 0.15) is 18.7 Å². The first-order valence-corrected chi connectivity index (χ1v) is 9.49. The first-order valence-electron chi connectivity index (χ1n) is 9.11. The van der Waals surface area contributed by atoms with Crippen molar-refractivity contribution >= 4 is 40.4 Å². The molecule has 156 valence electrons. The van der Waals surface area contributed by atoms with E-state index in [4.69, 9.17) is 16.0 Å². The molecule has 0 aliphatic carbocycles. The van der Waals surface area contributed by atoms with Gasteiger partial charge in [0.05, 0.1) is 21.7 Å². The van der Waals surface area contributed by atoms with Crippen LogP contribution >= 0.6 is 11.6 Å². The van der Waals surface area contributed by atoms with Gasteiger partial charge < -0.3 is 4.42 Å². The Kier molecular flexibility index (Phi) is 5.46. The van der Waals surface area contributed by atoms with Gasteiger partial charge >= 0.3 is 0 Å². The first kappa shape index (κ1) is 20.2. The van der Waals surface area contributed by atoms with Crippen molar-refractivity contribution in [3.63, 3.8) is 0 Å². The van der Waals surface area contributed by atoms with Crippen LogP contribution in [-0.2, 0) is 4.79 Å².